The van der Waals surface area contributed by atoms with Crippen LogP contribution in [0, 0.1) is 5.41 Å². The Morgan fingerprint density at radius 3 is 2.23 bits per heavy atom. The van der Waals surface area contributed by atoms with Crippen LogP contribution in [-0.4, -0.2) is 49.5 Å². The Kier molecular flexibility index (Phi) is 7.34. The number of amides is 2. The molecular weight excluding hydrogens is 437 g/mol. The number of benzene rings is 2. The van der Waals surface area contributed by atoms with Crippen LogP contribution >= 0.6 is 23.2 Å². The van der Waals surface area contributed by atoms with E-state index in [2.05, 4.69) is 10.2 Å². The van der Waals surface area contributed by atoms with Gasteiger partial charge in [0.25, 0.3) is 5.91 Å². The highest BCUT2D eigenvalue weighted by atomic mass is 35.5. The van der Waals surface area contributed by atoms with Crippen molar-refractivity contribution >= 4 is 46.4 Å². The van der Waals surface area contributed by atoms with Gasteiger partial charge < -0.3 is 19.9 Å². The Labute approximate surface area is 193 Å². The summed E-state index contributed by atoms with van der Waals surface area (Å²) in [7, 11) is 0. The number of anilines is 2. The van der Waals surface area contributed by atoms with Gasteiger partial charge in [0.05, 0.1) is 5.02 Å². The number of rotatable bonds is 5. The first-order valence-corrected chi connectivity index (χ1v) is 10.9. The molecule has 0 aliphatic carbocycles. The average molecular weight is 464 g/mol. The smallest absolute Gasteiger partial charge is 0.262 e. The minimum absolute atomic E-state index is 0.160. The van der Waals surface area contributed by atoms with Gasteiger partial charge in [-0.25, -0.2) is 0 Å². The molecule has 0 spiro atoms. The summed E-state index contributed by atoms with van der Waals surface area (Å²) in [6.07, 6.45) is 0. The number of hydrogen-bond donors (Lipinski definition) is 1. The van der Waals surface area contributed by atoms with Crippen molar-refractivity contribution in [3.05, 3.63) is 52.5 Å². The first-order chi connectivity index (χ1) is 14.6. The van der Waals surface area contributed by atoms with Crippen molar-refractivity contribution < 1.29 is 14.3 Å². The lowest BCUT2D eigenvalue weighted by atomic mass is 9.94. The van der Waals surface area contributed by atoms with Crippen molar-refractivity contribution in [1.29, 1.82) is 0 Å². The maximum Gasteiger partial charge on any atom is 0.262 e. The predicted octanol–water partition coefficient (Wildman–Crippen LogP) is 4.71. The largest absolute Gasteiger partial charge is 0.482 e. The van der Waals surface area contributed by atoms with Crippen LogP contribution in [0.4, 0.5) is 11.4 Å². The molecule has 31 heavy (non-hydrogen) atoms. The fourth-order valence-corrected chi connectivity index (χ4v) is 3.79. The third kappa shape index (κ3) is 6.28. The van der Waals surface area contributed by atoms with E-state index >= 15 is 0 Å². The summed E-state index contributed by atoms with van der Waals surface area (Å²) in [6, 6.07) is 12.5. The zero-order chi connectivity index (χ0) is 22.6. The van der Waals surface area contributed by atoms with Crippen molar-refractivity contribution in [3.63, 3.8) is 0 Å². The first-order valence-electron chi connectivity index (χ1n) is 10.2. The zero-order valence-corrected chi connectivity index (χ0v) is 19.5. The Bertz CT molecular complexity index is 934. The van der Waals surface area contributed by atoms with Gasteiger partial charge in [-0.3, -0.25) is 9.59 Å². The molecule has 6 nitrogen and oxygen atoms in total. The van der Waals surface area contributed by atoms with Crippen molar-refractivity contribution in [2.75, 3.05) is 43.0 Å². The fraction of sp³-hybridized carbons (Fsp3) is 0.391. The van der Waals surface area contributed by atoms with E-state index in [-0.39, 0.29) is 23.8 Å². The maximum atomic E-state index is 12.4. The third-order valence-corrected chi connectivity index (χ3v) is 5.51. The Balaban J connectivity index is 1.49. The Hall–Kier alpha value is -2.44. The molecule has 0 saturated carbocycles. The number of nitrogens with zero attached hydrogens (tertiary/aromatic N) is 2. The van der Waals surface area contributed by atoms with E-state index in [0.717, 1.165) is 18.8 Å². The average Bonchev–Trinajstić information content (AvgIpc) is 2.72. The van der Waals surface area contributed by atoms with Gasteiger partial charge in [-0.05, 0) is 42.5 Å². The highest BCUT2D eigenvalue weighted by Gasteiger charge is 2.29. The van der Waals surface area contributed by atoms with Crippen LogP contribution in [0.1, 0.15) is 20.8 Å². The SMILES string of the molecule is CC(C)(C)C(=O)N1CCN(c2ccc(NC(=O)COc3ccc(Cl)cc3Cl)cc2)CC1. The molecule has 0 unspecified atom stereocenters. The Morgan fingerprint density at radius 2 is 1.65 bits per heavy atom. The van der Waals surface area contributed by atoms with E-state index in [1.54, 1.807) is 18.2 Å². The number of carbonyl (C=O) groups is 2. The van der Waals surface area contributed by atoms with Crippen LogP contribution in [0.15, 0.2) is 42.5 Å². The van der Waals surface area contributed by atoms with Crippen molar-refractivity contribution in [2.24, 2.45) is 5.41 Å². The number of halogens is 2. The van der Waals surface area contributed by atoms with Gasteiger partial charge in [0, 0.05) is 48.0 Å². The van der Waals surface area contributed by atoms with Crippen LogP contribution in [0.5, 0.6) is 5.75 Å². The number of carbonyl (C=O) groups excluding carboxylic acids is 2. The van der Waals surface area contributed by atoms with E-state index in [0.29, 0.717) is 34.6 Å². The molecule has 0 radical (unpaired) electrons. The van der Waals surface area contributed by atoms with E-state index in [4.69, 9.17) is 27.9 Å². The van der Waals surface area contributed by atoms with E-state index in [1.807, 2.05) is 49.9 Å². The molecule has 0 aromatic heterocycles. The quantitative estimate of drug-likeness (QED) is 0.697. The van der Waals surface area contributed by atoms with Gasteiger partial charge >= 0.3 is 0 Å². The van der Waals surface area contributed by atoms with Gasteiger partial charge in [-0.1, -0.05) is 44.0 Å². The van der Waals surface area contributed by atoms with Crippen molar-refractivity contribution in [3.8, 4) is 5.75 Å². The molecule has 1 N–H and O–H groups in total. The molecule has 1 saturated heterocycles. The maximum absolute atomic E-state index is 12.4. The van der Waals surface area contributed by atoms with Gasteiger partial charge in [0.15, 0.2) is 6.61 Å². The molecule has 8 heteroatoms. The summed E-state index contributed by atoms with van der Waals surface area (Å²) in [6.45, 7) is 8.66. The number of nitrogens with one attached hydrogen (secondary N) is 1. The van der Waals surface area contributed by atoms with E-state index < -0.39 is 0 Å². The minimum atomic E-state index is -0.357. The van der Waals surface area contributed by atoms with Crippen molar-refractivity contribution in [1.82, 2.24) is 4.90 Å². The normalized spacial score (nSPS) is 14.4. The minimum Gasteiger partial charge on any atom is -0.482 e. The monoisotopic (exact) mass is 463 g/mol. The second-order valence-corrected chi connectivity index (χ2v) is 9.33. The first kappa shape index (κ1) is 23.2. The second kappa shape index (κ2) is 9.79. The molecule has 1 fully saturated rings. The molecule has 1 aliphatic rings. The van der Waals surface area contributed by atoms with E-state index in [1.165, 1.54) is 0 Å². The molecule has 3 rings (SSSR count). The third-order valence-electron chi connectivity index (χ3n) is 4.98. The highest BCUT2D eigenvalue weighted by Crippen LogP contribution is 2.27. The van der Waals surface area contributed by atoms with Gasteiger partial charge in [-0.15, -0.1) is 0 Å². The molecular formula is C23H27Cl2N3O3. The second-order valence-electron chi connectivity index (χ2n) is 8.49. The molecule has 0 bridgehead atoms. The lowest BCUT2D eigenvalue weighted by Crippen LogP contribution is -2.51. The summed E-state index contributed by atoms with van der Waals surface area (Å²) < 4.78 is 5.45. The van der Waals surface area contributed by atoms with Gasteiger partial charge in [0.2, 0.25) is 5.91 Å². The summed E-state index contributed by atoms with van der Waals surface area (Å²) in [5.74, 6) is 0.307. The summed E-state index contributed by atoms with van der Waals surface area (Å²) in [4.78, 5) is 28.8. The molecule has 166 valence electrons. The lowest BCUT2D eigenvalue weighted by molar-refractivity contribution is -0.139. The fourth-order valence-electron chi connectivity index (χ4n) is 3.33. The lowest BCUT2D eigenvalue weighted by Gasteiger charge is -2.38. The molecule has 2 aromatic rings. The topological polar surface area (TPSA) is 61.9 Å². The van der Waals surface area contributed by atoms with Gasteiger partial charge in [-0.2, -0.15) is 0 Å². The van der Waals surface area contributed by atoms with Crippen LogP contribution in [-0.2, 0) is 9.59 Å². The highest BCUT2D eigenvalue weighted by molar-refractivity contribution is 6.35. The molecule has 0 atom stereocenters. The van der Waals surface area contributed by atoms with Crippen molar-refractivity contribution in [2.45, 2.75) is 20.8 Å². The molecule has 1 aliphatic heterocycles. The van der Waals surface area contributed by atoms with Crippen LogP contribution in [0.2, 0.25) is 10.0 Å². The predicted molar refractivity (Wildman–Crippen MR) is 125 cm³/mol. The molecule has 2 amide bonds. The summed E-state index contributed by atoms with van der Waals surface area (Å²) in [5, 5.41) is 3.67. The van der Waals surface area contributed by atoms with Crippen LogP contribution in [0.25, 0.3) is 0 Å². The van der Waals surface area contributed by atoms with Crippen LogP contribution < -0.4 is 15.0 Å². The van der Waals surface area contributed by atoms with Crippen LogP contribution in [0.3, 0.4) is 0 Å². The number of hydrogen-bond acceptors (Lipinski definition) is 4. The number of piperazine rings is 1. The zero-order valence-electron chi connectivity index (χ0n) is 18.0. The standard InChI is InChI=1S/C23H27Cl2N3O3/c1-23(2,3)22(30)28-12-10-27(11-13-28)18-7-5-17(6-8-18)26-21(29)15-31-20-9-4-16(24)14-19(20)25/h4-9,14H,10-13,15H2,1-3H3,(H,26,29). The molecule has 2 aromatic carbocycles. The molecule has 1 heterocycles. The summed E-state index contributed by atoms with van der Waals surface area (Å²) in [5.41, 5.74) is 1.39. The number of ether oxygens (including phenoxy) is 1. The Morgan fingerprint density at radius 1 is 1.00 bits per heavy atom. The van der Waals surface area contributed by atoms with E-state index in [9.17, 15) is 9.59 Å². The van der Waals surface area contributed by atoms with Gasteiger partial charge in [0.1, 0.15) is 5.75 Å². The summed E-state index contributed by atoms with van der Waals surface area (Å²) >= 11 is 11.9.